The highest BCUT2D eigenvalue weighted by molar-refractivity contribution is 6.26. The number of nitrogens with zero attached hydrogens (tertiary/aromatic N) is 1. The highest BCUT2D eigenvalue weighted by atomic mass is 35.5. The molecule has 0 bridgehead atoms. The number of carbonyl (C=O) groups is 1. The third kappa shape index (κ3) is 6.21. The largest absolute Gasteiger partial charge is 0.481 e. The maximum Gasteiger partial charge on any atom is 0.300 e. The summed E-state index contributed by atoms with van der Waals surface area (Å²) in [5.41, 5.74) is 0. The molecule has 0 aromatic rings. The standard InChI is InChI=1S/C13H24BNO3.2ClH/c1-3-4-7-13(14,12(16)17)8-10-15-9-5-6-11(15)18-2;;/h11H,3-10H2,1-2H3,(H,16,17);2*1H/t11-,13?;;/m0../s1. The topological polar surface area (TPSA) is 49.8 Å². The molecule has 0 saturated carbocycles. The van der Waals surface area contributed by atoms with Crippen molar-refractivity contribution in [3.05, 3.63) is 0 Å². The third-order valence-electron chi connectivity index (χ3n) is 3.82. The number of carboxylic acids is 1. The lowest BCUT2D eigenvalue weighted by molar-refractivity contribution is -0.141. The normalized spacial score (nSPS) is 21.6. The lowest BCUT2D eigenvalue weighted by Crippen LogP contribution is -2.35. The molecule has 0 spiro atoms. The number of unbranched alkanes of at least 4 members (excludes halogenated alkanes) is 1. The molecule has 0 aliphatic carbocycles. The van der Waals surface area contributed by atoms with Gasteiger partial charge in [0, 0.05) is 25.5 Å². The molecule has 1 heterocycles. The Morgan fingerprint density at radius 2 is 2.10 bits per heavy atom. The summed E-state index contributed by atoms with van der Waals surface area (Å²) in [5.74, 6) is -0.885. The highest BCUT2D eigenvalue weighted by Crippen LogP contribution is 2.34. The molecule has 2 radical (unpaired) electrons. The Labute approximate surface area is 135 Å². The van der Waals surface area contributed by atoms with E-state index < -0.39 is 11.3 Å². The van der Waals surface area contributed by atoms with Crippen molar-refractivity contribution in [2.45, 2.75) is 57.0 Å². The first-order valence-corrected chi connectivity index (χ1v) is 6.82. The molecule has 118 valence electrons. The van der Waals surface area contributed by atoms with Gasteiger partial charge in [0.1, 0.15) is 6.23 Å². The Bertz CT molecular complexity index is 284. The molecule has 1 aliphatic rings. The van der Waals surface area contributed by atoms with Gasteiger partial charge in [-0.1, -0.05) is 19.8 Å². The van der Waals surface area contributed by atoms with Crippen LogP contribution < -0.4 is 0 Å². The number of likely N-dealkylation sites (tertiary alicyclic amines) is 1. The van der Waals surface area contributed by atoms with Crippen molar-refractivity contribution < 1.29 is 14.6 Å². The molecule has 7 heteroatoms. The summed E-state index contributed by atoms with van der Waals surface area (Å²) in [6, 6.07) is 0. The van der Waals surface area contributed by atoms with Crippen molar-refractivity contribution in [1.82, 2.24) is 4.90 Å². The van der Waals surface area contributed by atoms with Crippen LogP contribution in [0.15, 0.2) is 0 Å². The van der Waals surface area contributed by atoms with Crippen LogP contribution in [-0.2, 0) is 9.53 Å². The predicted molar refractivity (Wildman–Crippen MR) is 86.3 cm³/mol. The average Bonchev–Trinajstić information content (AvgIpc) is 2.81. The first-order valence-electron chi connectivity index (χ1n) is 6.82. The van der Waals surface area contributed by atoms with Crippen LogP contribution in [0.1, 0.15) is 45.4 Å². The Hall–Kier alpha value is 0.0349. The van der Waals surface area contributed by atoms with Crippen LogP contribution in [0.25, 0.3) is 0 Å². The summed E-state index contributed by atoms with van der Waals surface area (Å²) >= 11 is 0. The number of methoxy groups -OCH3 is 1. The fourth-order valence-electron chi connectivity index (χ4n) is 2.49. The molecular weight excluding hydrogens is 300 g/mol. The summed E-state index contributed by atoms with van der Waals surface area (Å²) in [5, 5.41) is 8.19. The lowest BCUT2D eigenvalue weighted by atomic mass is 9.63. The van der Waals surface area contributed by atoms with Crippen molar-refractivity contribution in [2.24, 2.45) is 0 Å². The zero-order valence-corrected chi connectivity index (χ0v) is 14.0. The van der Waals surface area contributed by atoms with E-state index in [-0.39, 0.29) is 31.0 Å². The Morgan fingerprint density at radius 3 is 2.60 bits per heavy atom. The van der Waals surface area contributed by atoms with Crippen LogP contribution in [0, 0.1) is 0 Å². The number of hydrogen-bond donors (Lipinski definition) is 1. The number of ether oxygens (including phenoxy) is 1. The van der Waals surface area contributed by atoms with E-state index in [2.05, 4.69) is 4.90 Å². The predicted octanol–water partition coefficient (Wildman–Crippen LogP) is 2.89. The molecule has 1 saturated heterocycles. The number of hydrogen-bond acceptors (Lipinski definition) is 3. The van der Waals surface area contributed by atoms with Gasteiger partial charge in [-0.05, 0) is 25.7 Å². The van der Waals surface area contributed by atoms with Gasteiger partial charge in [0.25, 0.3) is 0 Å². The van der Waals surface area contributed by atoms with Gasteiger partial charge in [0.2, 0.25) is 0 Å². The van der Waals surface area contributed by atoms with Gasteiger partial charge in [0.05, 0.1) is 7.85 Å². The minimum Gasteiger partial charge on any atom is -0.481 e. The first kappa shape index (κ1) is 22.3. The van der Waals surface area contributed by atoms with Crippen LogP contribution in [-0.4, -0.2) is 50.2 Å². The molecule has 1 fully saturated rings. The molecule has 1 unspecified atom stereocenters. The molecule has 1 rings (SSSR count). The Balaban J connectivity index is 0. The van der Waals surface area contributed by atoms with Crippen LogP contribution in [0.3, 0.4) is 0 Å². The number of carboxylic acid groups (broad SMARTS) is 1. The maximum absolute atomic E-state index is 11.3. The van der Waals surface area contributed by atoms with Crippen LogP contribution >= 0.6 is 24.8 Å². The second-order valence-corrected chi connectivity index (χ2v) is 5.18. The smallest absolute Gasteiger partial charge is 0.300 e. The van der Waals surface area contributed by atoms with E-state index in [1.54, 1.807) is 7.11 Å². The number of halogens is 2. The minimum absolute atomic E-state index is 0. The molecule has 2 atom stereocenters. The quantitative estimate of drug-likeness (QED) is 0.697. The molecule has 20 heavy (non-hydrogen) atoms. The molecule has 0 aromatic heterocycles. The SMILES string of the molecule is Cl.Cl.[B]C(CCCC)(CCN1CCC[C@@H]1OC)C(=O)O. The average molecular weight is 326 g/mol. The molecule has 0 amide bonds. The van der Waals surface area contributed by atoms with Crippen molar-refractivity contribution >= 4 is 38.6 Å². The van der Waals surface area contributed by atoms with Gasteiger partial charge in [-0.25, -0.2) is 0 Å². The van der Waals surface area contributed by atoms with Crippen LogP contribution in [0.4, 0.5) is 0 Å². The van der Waals surface area contributed by atoms with E-state index in [1.165, 1.54) is 0 Å². The minimum atomic E-state index is -1.09. The maximum atomic E-state index is 11.3. The van der Waals surface area contributed by atoms with E-state index >= 15 is 0 Å². The zero-order valence-electron chi connectivity index (χ0n) is 12.3. The van der Waals surface area contributed by atoms with E-state index in [9.17, 15) is 9.90 Å². The van der Waals surface area contributed by atoms with Gasteiger partial charge in [-0.3, -0.25) is 9.69 Å². The molecular formula is C13H26BCl2NO3. The van der Waals surface area contributed by atoms with Crippen molar-refractivity contribution in [3.63, 3.8) is 0 Å². The monoisotopic (exact) mass is 325 g/mol. The summed E-state index contributed by atoms with van der Waals surface area (Å²) in [4.78, 5) is 13.5. The second kappa shape index (κ2) is 10.7. The summed E-state index contributed by atoms with van der Waals surface area (Å²) in [6.07, 6.45) is 5.13. The van der Waals surface area contributed by atoms with E-state index in [4.69, 9.17) is 12.6 Å². The van der Waals surface area contributed by atoms with Gasteiger partial charge in [-0.2, -0.15) is 0 Å². The fraction of sp³-hybridized carbons (Fsp3) is 0.923. The van der Waals surface area contributed by atoms with Gasteiger partial charge >= 0.3 is 5.97 Å². The second-order valence-electron chi connectivity index (χ2n) is 5.18. The van der Waals surface area contributed by atoms with Crippen molar-refractivity contribution in [3.8, 4) is 0 Å². The summed E-state index contributed by atoms with van der Waals surface area (Å²) in [7, 11) is 7.73. The zero-order chi connectivity index (χ0) is 13.6. The summed E-state index contributed by atoms with van der Waals surface area (Å²) < 4.78 is 5.37. The number of aliphatic carboxylic acids is 1. The fourth-order valence-corrected chi connectivity index (χ4v) is 2.49. The Morgan fingerprint density at radius 1 is 1.45 bits per heavy atom. The van der Waals surface area contributed by atoms with Gasteiger partial charge in [-0.15, -0.1) is 24.8 Å². The molecule has 0 aromatic carbocycles. The first-order chi connectivity index (χ1) is 8.53. The molecule has 1 aliphatic heterocycles. The van der Waals surface area contributed by atoms with E-state index in [1.807, 2.05) is 6.92 Å². The third-order valence-corrected chi connectivity index (χ3v) is 3.82. The van der Waals surface area contributed by atoms with E-state index in [0.29, 0.717) is 19.4 Å². The van der Waals surface area contributed by atoms with Gasteiger partial charge in [0.15, 0.2) is 0 Å². The highest BCUT2D eigenvalue weighted by Gasteiger charge is 2.33. The van der Waals surface area contributed by atoms with Crippen LogP contribution in [0.5, 0.6) is 0 Å². The van der Waals surface area contributed by atoms with E-state index in [0.717, 1.165) is 32.2 Å². The van der Waals surface area contributed by atoms with Crippen molar-refractivity contribution in [2.75, 3.05) is 20.2 Å². The number of rotatable bonds is 8. The Kier molecular flexibility index (Phi) is 12.0. The van der Waals surface area contributed by atoms with Crippen LogP contribution in [0.2, 0.25) is 5.31 Å². The lowest BCUT2D eigenvalue weighted by Gasteiger charge is -2.30. The molecule has 4 nitrogen and oxygen atoms in total. The van der Waals surface area contributed by atoms with Gasteiger partial charge < -0.3 is 9.84 Å². The summed E-state index contributed by atoms with van der Waals surface area (Å²) in [6.45, 7) is 3.72. The van der Waals surface area contributed by atoms with Crippen molar-refractivity contribution in [1.29, 1.82) is 0 Å². The molecule has 1 N–H and O–H groups in total.